The first kappa shape index (κ1) is 14.5. The van der Waals surface area contributed by atoms with Gasteiger partial charge in [-0.05, 0) is 44.9 Å². The monoisotopic (exact) mass is 279 g/mol. The number of halogens is 2. The van der Waals surface area contributed by atoms with Gasteiger partial charge in [0, 0.05) is 24.8 Å². The van der Waals surface area contributed by atoms with Crippen LogP contribution in [-0.2, 0) is 6.42 Å². The zero-order valence-electron chi connectivity index (χ0n) is 12.0. The molecule has 0 unspecified atom stereocenters. The first-order valence-corrected chi connectivity index (χ1v) is 6.70. The lowest BCUT2D eigenvalue weighted by molar-refractivity contribution is 0.579. The van der Waals surface area contributed by atoms with Crippen molar-refractivity contribution in [2.45, 2.75) is 33.2 Å². The van der Waals surface area contributed by atoms with Crippen LogP contribution in [0.3, 0.4) is 0 Å². The Bertz CT molecular complexity index is 571. The molecule has 1 aromatic carbocycles. The van der Waals surface area contributed by atoms with Crippen molar-refractivity contribution in [2.75, 3.05) is 11.9 Å². The Labute approximate surface area is 117 Å². The fourth-order valence-corrected chi connectivity index (χ4v) is 2.11. The smallest absolute Gasteiger partial charge is 0.203 e. The van der Waals surface area contributed by atoms with Crippen LogP contribution >= 0.6 is 0 Å². The minimum absolute atomic E-state index is 0.310. The SMILES string of the molecule is Cc1cn(C(C)C)c(NCCc2cc(F)cc(F)c2)n1. The Hall–Kier alpha value is -1.91. The van der Waals surface area contributed by atoms with Gasteiger partial charge >= 0.3 is 0 Å². The molecule has 0 fully saturated rings. The highest BCUT2D eigenvalue weighted by molar-refractivity contribution is 5.30. The van der Waals surface area contributed by atoms with E-state index in [1.807, 2.05) is 17.7 Å². The van der Waals surface area contributed by atoms with E-state index >= 15 is 0 Å². The molecular weight excluding hydrogens is 260 g/mol. The van der Waals surface area contributed by atoms with E-state index in [1.54, 1.807) is 0 Å². The first-order valence-electron chi connectivity index (χ1n) is 6.70. The molecule has 3 nitrogen and oxygen atoms in total. The van der Waals surface area contributed by atoms with Crippen molar-refractivity contribution >= 4 is 5.95 Å². The van der Waals surface area contributed by atoms with E-state index in [1.165, 1.54) is 12.1 Å². The van der Waals surface area contributed by atoms with Crippen molar-refractivity contribution in [3.63, 3.8) is 0 Å². The number of benzene rings is 1. The van der Waals surface area contributed by atoms with E-state index in [4.69, 9.17) is 0 Å². The first-order chi connectivity index (χ1) is 9.45. The molecule has 1 N–H and O–H groups in total. The fourth-order valence-electron chi connectivity index (χ4n) is 2.11. The van der Waals surface area contributed by atoms with Crippen molar-refractivity contribution < 1.29 is 8.78 Å². The van der Waals surface area contributed by atoms with E-state index in [0.29, 0.717) is 24.6 Å². The molecule has 0 radical (unpaired) electrons. The molecule has 0 spiro atoms. The van der Waals surface area contributed by atoms with Crippen molar-refractivity contribution in [2.24, 2.45) is 0 Å². The van der Waals surface area contributed by atoms with Gasteiger partial charge in [-0.25, -0.2) is 13.8 Å². The van der Waals surface area contributed by atoms with Crippen LogP contribution in [0.25, 0.3) is 0 Å². The highest BCUT2D eigenvalue weighted by atomic mass is 19.1. The second kappa shape index (κ2) is 6.03. The maximum atomic E-state index is 13.1. The van der Waals surface area contributed by atoms with Crippen LogP contribution in [0.15, 0.2) is 24.4 Å². The number of imidazole rings is 1. The summed E-state index contributed by atoms with van der Waals surface area (Å²) < 4.78 is 28.2. The predicted molar refractivity (Wildman–Crippen MR) is 75.9 cm³/mol. The molecule has 2 aromatic rings. The molecular formula is C15H19F2N3. The van der Waals surface area contributed by atoms with Crippen molar-refractivity contribution in [3.8, 4) is 0 Å². The van der Waals surface area contributed by atoms with Crippen LogP contribution in [-0.4, -0.2) is 16.1 Å². The number of rotatable bonds is 5. The molecule has 1 aromatic heterocycles. The van der Waals surface area contributed by atoms with Crippen LogP contribution in [0, 0.1) is 18.6 Å². The summed E-state index contributed by atoms with van der Waals surface area (Å²) in [6.07, 6.45) is 2.52. The Morgan fingerprint density at radius 2 is 1.85 bits per heavy atom. The lowest BCUT2D eigenvalue weighted by atomic mass is 10.1. The minimum Gasteiger partial charge on any atom is -0.355 e. The average Bonchev–Trinajstić information content (AvgIpc) is 2.69. The van der Waals surface area contributed by atoms with Crippen LogP contribution in [0.4, 0.5) is 14.7 Å². The van der Waals surface area contributed by atoms with Gasteiger partial charge in [-0.3, -0.25) is 0 Å². The molecule has 0 atom stereocenters. The van der Waals surface area contributed by atoms with Gasteiger partial charge < -0.3 is 9.88 Å². The normalized spacial score (nSPS) is 11.1. The lowest BCUT2D eigenvalue weighted by Gasteiger charge is -2.12. The minimum atomic E-state index is -0.542. The van der Waals surface area contributed by atoms with Crippen molar-refractivity contribution in [1.82, 2.24) is 9.55 Å². The second-order valence-electron chi connectivity index (χ2n) is 5.16. The van der Waals surface area contributed by atoms with Gasteiger partial charge in [-0.2, -0.15) is 0 Å². The summed E-state index contributed by atoms with van der Waals surface area (Å²) in [7, 11) is 0. The fraction of sp³-hybridized carbons (Fsp3) is 0.400. The Kier molecular flexibility index (Phi) is 4.37. The van der Waals surface area contributed by atoms with Gasteiger partial charge in [-0.1, -0.05) is 0 Å². The van der Waals surface area contributed by atoms with Gasteiger partial charge in [0.15, 0.2) is 0 Å². The van der Waals surface area contributed by atoms with Gasteiger partial charge in [0.2, 0.25) is 5.95 Å². The van der Waals surface area contributed by atoms with E-state index in [9.17, 15) is 8.78 Å². The summed E-state index contributed by atoms with van der Waals surface area (Å²) >= 11 is 0. The molecule has 0 amide bonds. The third-order valence-electron chi connectivity index (χ3n) is 3.03. The highest BCUT2D eigenvalue weighted by Crippen LogP contribution is 2.15. The lowest BCUT2D eigenvalue weighted by Crippen LogP contribution is -2.11. The zero-order valence-corrected chi connectivity index (χ0v) is 12.0. The van der Waals surface area contributed by atoms with Crippen molar-refractivity contribution in [1.29, 1.82) is 0 Å². The maximum Gasteiger partial charge on any atom is 0.203 e. The van der Waals surface area contributed by atoms with Gasteiger partial charge in [-0.15, -0.1) is 0 Å². The largest absolute Gasteiger partial charge is 0.355 e. The van der Waals surface area contributed by atoms with Gasteiger partial charge in [0.25, 0.3) is 0 Å². The van der Waals surface area contributed by atoms with Crippen LogP contribution in [0.1, 0.15) is 31.1 Å². The van der Waals surface area contributed by atoms with Crippen LogP contribution < -0.4 is 5.32 Å². The molecule has 20 heavy (non-hydrogen) atoms. The predicted octanol–water partition coefficient (Wildman–Crippen LogP) is 3.71. The van der Waals surface area contributed by atoms with E-state index in [2.05, 4.69) is 24.1 Å². The number of aromatic nitrogens is 2. The molecule has 0 saturated carbocycles. The Morgan fingerprint density at radius 3 is 2.45 bits per heavy atom. The van der Waals surface area contributed by atoms with Gasteiger partial charge in [0.1, 0.15) is 11.6 Å². The molecule has 0 bridgehead atoms. The molecule has 108 valence electrons. The molecule has 0 aliphatic carbocycles. The molecule has 2 rings (SSSR count). The summed E-state index contributed by atoms with van der Waals surface area (Å²) in [5.41, 5.74) is 1.58. The summed E-state index contributed by atoms with van der Waals surface area (Å²) in [4.78, 5) is 4.40. The number of aryl methyl sites for hydroxylation is 1. The molecule has 0 aliphatic heterocycles. The summed E-state index contributed by atoms with van der Waals surface area (Å²) in [5, 5.41) is 3.21. The third kappa shape index (κ3) is 3.56. The van der Waals surface area contributed by atoms with Gasteiger partial charge in [0.05, 0.1) is 5.69 Å². The average molecular weight is 279 g/mol. The molecule has 5 heteroatoms. The molecule has 1 heterocycles. The number of hydrogen-bond donors (Lipinski definition) is 1. The third-order valence-corrected chi connectivity index (χ3v) is 3.03. The standard InChI is InChI=1S/C15H19F2N3/c1-10(2)20-9-11(3)19-15(20)18-5-4-12-6-13(16)8-14(17)7-12/h6-10H,4-5H2,1-3H3,(H,18,19). The Morgan fingerprint density at radius 1 is 1.20 bits per heavy atom. The summed E-state index contributed by atoms with van der Waals surface area (Å²) in [6.45, 7) is 6.67. The zero-order chi connectivity index (χ0) is 14.7. The number of anilines is 1. The summed E-state index contributed by atoms with van der Waals surface area (Å²) in [6, 6.07) is 3.90. The highest BCUT2D eigenvalue weighted by Gasteiger charge is 2.08. The van der Waals surface area contributed by atoms with E-state index in [0.717, 1.165) is 17.7 Å². The maximum absolute atomic E-state index is 13.1. The number of hydrogen-bond acceptors (Lipinski definition) is 2. The molecule has 0 aliphatic rings. The molecule has 0 saturated heterocycles. The van der Waals surface area contributed by atoms with Crippen LogP contribution in [0.2, 0.25) is 0 Å². The van der Waals surface area contributed by atoms with Crippen LogP contribution in [0.5, 0.6) is 0 Å². The van der Waals surface area contributed by atoms with Crippen molar-refractivity contribution in [3.05, 3.63) is 47.3 Å². The van der Waals surface area contributed by atoms with E-state index < -0.39 is 11.6 Å². The number of nitrogens with zero attached hydrogens (tertiary/aromatic N) is 2. The topological polar surface area (TPSA) is 29.9 Å². The Balaban J connectivity index is 1.99. The quantitative estimate of drug-likeness (QED) is 0.904. The second-order valence-corrected chi connectivity index (χ2v) is 5.16. The van der Waals surface area contributed by atoms with E-state index in [-0.39, 0.29) is 0 Å². The number of nitrogens with one attached hydrogen (secondary N) is 1. The summed E-state index contributed by atoms with van der Waals surface area (Å²) in [5.74, 6) is -0.298.